The van der Waals surface area contributed by atoms with E-state index in [4.69, 9.17) is 0 Å². The number of aryl methyl sites for hydroxylation is 1. The van der Waals surface area contributed by atoms with Crippen LogP contribution in [0.2, 0.25) is 0 Å². The van der Waals surface area contributed by atoms with Gasteiger partial charge in [0, 0.05) is 37.8 Å². The number of aromatic nitrogens is 3. The van der Waals surface area contributed by atoms with Gasteiger partial charge in [-0.15, -0.1) is 5.10 Å². The molecule has 0 aromatic carbocycles. The number of allylic oxidation sites excluding steroid dienone is 1. The fourth-order valence-electron chi connectivity index (χ4n) is 5.22. The minimum absolute atomic E-state index is 0.161. The molecule has 162 valence electrons. The second-order valence-corrected chi connectivity index (χ2v) is 9.12. The van der Waals surface area contributed by atoms with E-state index >= 15 is 0 Å². The summed E-state index contributed by atoms with van der Waals surface area (Å²) in [6.45, 7) is 4.78. The molecule has 0 unspecified atom stereocenters. The zero-order valence-corrected chi connectivity index (χ0v) is 18.0. The van der Waals surface area contributed by atoms with Crippen LogP contribution in [0.3, 0.4) is 0 Å². The summed E-state index contributed by atoms with van der Waals surface area (Å²) in [5, 5.41) is 11.5. The van der Waals surface area contributed by atoms with E-state index in [2.05, 4.69) is 26.5 Å². The molecular weight excluding hydrogens is 390 g/mol. The highest BCUT2D eigenvalue weighted by Crippen LogP contribution is 2.36. The minimum atomic E-state index is -0.265. The van der Waals surface area contributed by atoms with E-state index < -0.39 is 0 Å². The maximum atomic E-state index is 13.2. The maximum Gasteiger partial charge on any atom is 0.263 e. The maximum absolute atomic E-state index is 13.2. The molecule has 7 heteroatoms. The highest BCUT2D eigenvalue weighted by molar-refractivity contribution is 5.94. The van der Waals surface area contributed by atoms with Crippen molar-refractivity contribution in [3.8, 4) is 0 Å². The number of hydrogen-bond donors (Lipinski definition) is 1. The molecule has 2 aliphatic heterocycles. The lowest BCUT2D eigenvalue weighted by Gasteiger charge is -2.43. The first kappa shape index (κ1) is 20.0. The Balaban J connectivity index is 1.34. The van der Waals surface area contributed by atoms with E-state index in [0.29, 0.717) is 19.0 Å². The van der Waals surface area contributed by atoms with Crippen molar-refractivity contribution >= 4 is 11.7 Å². The predicted octanol–water partition coefficient (Wildman–Crippen LogP) is 2.80. The third-order valence-corrected chi connectivity index (χ3v) is 6.82. The van der Waals surface area contributed by atoms with Crippen LogP contribution in [0.25, 0.3) is 0 Å². The number of amides is 1. The number of rotatable bonds is 4. The van der Waals surface area contributed by atoms with Crippen LogP contribution >= 0.6 is 0 Å². The predicted molar refractivity (Wildman–Crippen MR) is 119 cm³/mol. The second-order valence-electron chi connectivity index (χ2n) is 9.12. The van der Waals surface area contributed by atoms with Crippen LogP contribution in [-0.4, -0.2) is 40.3 Å². The van der Waals surface area contributed by atoms with Gasteiger partial charge in [-0.05, 0) is 69.2 Å². The number of anilines is 1. The molecule has 31 heavy (non-hydrogen) atoms. The summed E-state index contributed by atoms with van der Waals surface area (Å²) in [5.41, 5.74) is 3.29. The molecule has 5 rings (SSSR count). The number of carbonyl (C=O) groups is 1. The zero-order chi connectivity index (χ0) is 21.4. The Morgan fingerprint density at radius 1 is 1.13 bits per heavy atom. The van der Waals surface area contributed by atoms with E-state index in [1.165, 1.54) is 18.4 Å². The molecule has 0 radical (unpaired) electrons. The lowest BCUT2D eigenvalue weighted by atomic mass is 9.83. The van der Waals surface area contributed by atoms with Gasteiger partial charge in [0.05, 0.1) is 5.69 Å². The van der Waals surface area contributed by atoms with Crippen LogP contribution in [0.15, 0.2) is 40.7 Å². The van der Waals surface area contributed by atoms with Crippen molar-refractivity contribution in [3.63, 3.8) is 0 Å². The number of piperidine rings is 1. The number of carbonyl (C=O) groups excluding carboxylic acids is 1. The SMILES string of the molecule is Cc1ccc(N2C[C@@H]3C[C@H](C2)c2ccc(C(=O)NCC4=CCCCC4)c(=O)n2C3)nn1. The Hall–Kier alpha value is -2.96. The summed E-state index contributed by atoms with van der Waals surface area (Å²) in [4.78, 5) is 28.2. The van der Waals surface area contributed by atoms with Crippen molar-refractivity contribution in [2.75, 3.05) is 24.5 Å². The van der Waals surface area contributed by atoms with Crippen molar-refractivity contribution < 1.29 is 4.79 Å². The van der Waals surface area contributed by atoms with Gasteiger partial charge in [0.1, 0.15) is 5.56 Å². The number of hydrogen-bond acceptors (Lipinski definition) is 5. The van der Waals surface area contributed by atoms with E-state index in [-0.39, 0.29) is 22.9 Å². The molecule has 2 aromatic heterocycles. The monoisotopic (exact) mass is 419 g/mol. The van der Waals surface area contributed by atoms with Crippen LogP contribution in [0.4, 0.5) is 5.82 Å². The van der Waals surface area contributed by atoms with Gasteiger partial charge in [0.2, 0.25) is 0 Å². The van der Waals surface area contributed by atoms with Crippen molar-refractivity contribution in [2.24, 2.45) is 5.92 Å². The van der Waals surface area contributed by atoms with Crippen LogP contribution < -0.4 is 15.8 Å². The van der Waals surface area contributed by atoms with E-state index in [0.717, 1.165) is 49.6 Å². The van der Waals surface area contributed by atoms with Gasteiger partial charge in [0.15, 0.2) is 5.82 Å². The Kier molecular flexibility index (Phi) is 5.34. The Bertz CT molecular complexity index is 1070. The molecule has 1 amide bonds. The Labute approximate surface area is 182 Å². The lowest BCUT2D eigenvalue weighted by Crippen LogP contribution is -2.48. The third kappa shape index (κ3) is 4.01. The molecule has 1 fully saturated rings. The normalized spacial score (nSPS) is 22.5. The van der Waals surface area contributed by atoms with Crippen molar-refractivity contribution in [1.82, 2.24) is 20.1 Å². The summed E-state index contributed by atoms with van der Waals surface area (Å²) >= 11 is 0. The molecule has 0 saturated carbocycles. The number of pyridine rings is 1. The van der Waals surface area contributed by atoms with Gasteiger partial charge in [-0.3, -0.25) is 9.59 Å². The van der Waals surface area contributed by atoms with Gasteiger partial charge in [0.25, 0.3) is 11.5 Å². The van der Waals surface area contributed by atoms with Gasteiger partial charge < -0.3 is 14.8 Å². The third-order valence-electron chi connectivity index (χ3n) is 6.82. The number of nitrogens with one attached hydrogen (secondary N) is 1. The smallest absolute Gasteiger partial charge is 0.263 e. The molecule has 1 N–H and O–H groups in total. The molecule has 2 atom stereocenters. The first-order chi connectivity index (χ1) is 15.1. The fraction of sp³-hybridized carbons (Fsp3) is 0.500. The second kappa shape index (κ2) is 8.29. The number of nitrogens with zero attached hydrogens (tertiary/aromatic N) is 4. The highest BCUT2D eigenvalue weighted by Gasteiger charge is 2.36. The van der Waals surface area contributed by atoms with Crippen LogP contribution in [0.1, 0.15) is 59.8 Å². The quantitative estimate of drug-likeness (QED) is 0.771. The van der Waals surface area contributed by atoms with E-state index in [1.807, 2.05) is 29.7 Å². The summed E-state index contributed by atoms with van der Waals surface area (Å²) < 4.78 is 1.84. The lowest BCUT2D eigenvalue weighted by molar-refractivity contribution is 0.0953. The molecule has 4 heterocycles. The average Bonchev–Trinajstić information content (AvgIpc) is 2.79. The fourth-order valence-corrected chi connectivity index (χ4v) is 5.22. The van der Waals surface area contributed by atoms with Crippen molar-refractivity contribution in [3.05, 3.63) is 63.2 Å². The van der Waals surface area contributed by atoms with E-state index in [1.54, 1.807) is 6.07 Å². The van der Waals surface area contributed by atoms with Crippen LogP contribution in [0.5, 0.6) is 0 Å². The molecule has 0 spiro atoms. The summed E-state index contributed by atoms with van der Waals surface area (Å²) in [7, 11) is 0. The molecular formula is C24H29N5O2. The molecule has 2 aromatic rings. The molecule has 3 aliphatic rings. The summed E-state index contributed by atoms with van der Waals surface area (Å²) in [6.07, 6.45) is 7.80. The largest absolute Gasteiger partial charge is 0.354 e. The first-order valence-corrected chi connectivity index (χ1v) is 11.3. The van der Waals surface area contributed by atoms with Gasteiger partial charge >= 0.3 is 0 Å². The molecule has 1 aliphatic carbocycles. The Morgan fingerprint density at radius 2 is 2.03 bits per heavy atom. The van der Waals surface area contributed by atoms with Crippen molar-refractivity contribution in [1.29, 1.82) is 0 Å². The van der Waals surface area contributed by atoms with Gasteiger partial charge in [-0.1, -0.05) is 11.6 Å². The van der Waals surface area contributed by atoms with Crippen molar-refractivity contribution in [2.45, 2.75) is 51.5 Å². The number of fused-ring (bicyclic) bond motifs is 4. The zero-order valence-electron chi connectivity index (χ0n) is 18.0. The van der Waals surface area contributed by atoms with Gasteiger partial charge in [-0.2, -0.15) is 5.10 Å². The van der Waals surface area contributed by atoms with Crippen LogP contribution in [-0.2, 0) is 6.54 Å². The molecule has 2 bridgehead atoms. The summed E-state index contributed by atoms with van der Waals surface area (Å²) in [5.74, 6) is 1.24. The van der Waals surface area contributed by atoms with Crippen LogP contribution in [0, 0.1) is 12.8 Å². The minimum Gasteiger partial charge on any atom is -0.354 e. The van der Waals surface area contributed by atoms with E-state index in [9.17, 15) is 9.59 Å². The van der Waals surface area contributed by atoms with Gasteiger partial charge in [-0.25, -0.2) is 0 Å². The average molecular weight is 420 g/mol. The highest BCUT2D eigenvalue weighted by atomic mass is 16.2. The topological polar surface area (TPSA) is 80.1 Å². The molecule has 7 nitrogen and oxygen atoms in total. The standard InChI is InChI=1S/C24H29N5O2/c1-16-7-10-22(27-26-16)28-13-18-11-19(15-28)21-9-8-20(24(31)29(21)14-18)23(30)25-12-17-5-3-2-4-6-17/h5,7-10,18-19H,2-4,6,11-15H2,1H3,(H,25,30)/t18-,19+/m0/s1. The molecule has 1 saturated heterocycles. The Morgan fingerprint density at radius 3 is 2.81 bits per heavy atom. The first-order valence-electron chi connectivity index (χ1n) is 11.3. The summed E-state index contributed by atoms with van der Waals surface area (Å²) in [6, 6.07) is 7.69.